The first-order valence-corrected chi connectivity index (χ1v) is 6.61. The summed E-state index contributed by atoms with van der Waals surface area (Å²) in [4.78, 5) is 14.4. The Morgan fingerprint density at radius 3 is 1.90 bits per heavy atom. The molecule has 7 heteroatoms. The molecule has 0 bridgehead atoms. The largest absolute Gasteiger partial charge is 0.444 e. The third-order valence-corrected chi connectivity index (χ3v) is 3.63. The highest BCUT2D eigenvalue weighted by Crippen LogP contribution is 2.42. The van der Waals surface area contributed by atoms with Crippen LogP contribution in [0.2, 0.25) is 0 Å². The van der Waals surface area contributed by atoms with Crippen LogP contribution in [-0.4, -0.2) is 60.4 Å². The molecule has 1 aliphatic heterocycles. The molecule has 0 atom stereocenters. The van der Waals surface area contributed by atoms with E-state index in [4.69, 9.17) is 4.74 Å². The monoisotopic (exact) mass is 296 g/mol. The predicted molar refractivity (Wildman–Crippen MR) is 69.5 cm³/mol. The molecular formula is C13H23F3N2O2. The van der Waals surface area contributed by atoms with Crippen LogP contribution in [0.4, 0.5) is 18.0 Å². The molecule has 118 valence electrons. The molecule has 1 fully saturated rings. The van der Waals surface area contributed by atoms with E-state index in [9.17, 15) is 18.0 Å². The van der Waals surface area contributed by atoms with Gasteiger partial charge in [-0.05, 0) is 47.7 Å². The fraction of sp³-hybridized carbons (Fsp3) is 0.923. The molecule has 0 spiro atoms. The van der Waals surface area contributed by atoms with Crippen molar-refractivity contribution in [3.8, 4) is 0 Å². The number of nitrogens with zero attached hydrogens (tertiary/aromatic N) is 2. The molecule has 20 heavy (non-hydrogen) atoms. The van der Waals surface area contributed by atoms with Crippen LogP contribution in [0.15, 0.2) is 0 Å². The zero-order chi connectivity index (χ0) is 15.8. The Bertz CT molecular complexity index is 354. The molecule has 0 aliphatic carbocycles. The van der Waals surface area contributed by atoms with Gasteiger partial charge in [0.2, 0.25) is 0 Å². The quantitative estimate of drug-likeness (QED) is 0.746. The van der Waals surface area contributed by atoms with E-state index in [2.05, 4.69) is 0 Å². The highest BCUT2D eigenvalue weighted by molar-refractivity contribution is 5.68. The van der Waals surface area contributed by atoms with Gasteiger partial charge in [0.15, 0.2) is 0 Å². The number of ether oxygens (including phenoxy) is 1. The fourth-order valence-corrected chi connectivity index (χ4v) is 2.37. The maximum absolute atomic E-state index is 13.3. The molecule has 1 rings (SSSR count). The molecule has 0 radical (unpaired) electrons. The van der Waals surface area contributed by atoms with Gasteiger partial charge in [0.1, 0.15) is 11.1 Å². The summed E-state index contributed by atoms with van der Waals surface area (Å²) < 4.78 is 45.0. The number of carbonyl (C=O) groups is 1. The van der Waals surface area contributed by atoms with Crippen LogP contribution >= 0.6 is 0 Å². The van der Waals surface area contributed by atoms with E-state index in [1.807, 2.05) is 0 Å². The van der Waals surface area contributed by atoms with E-state index < -0.39 is 23.4 Å². The number of hydrogen-bond acceptors (Lipinski definition) is 3. The van der Waals surface area contributed by atoms with Gasteiger partial charge >= 0.3 is 12.3 Å². The summed E-state index contributed by atoms with van der Waals surface area (Å²) in [5.41, 5.74) is -2.50. The van der Waals surface area contributed by atoms with Crippen molar-refractivity contribution < 1.29 is 22.7 Å². The number of carbonyl (C=O) groups excluding carboxylic acids is 1. The molecule has 0 aromatic heterocycles. The Balaban J connectivity index is 2.73. The number of hydrogen-bond donors (Lipinski definition) is 0. The summed E-state index contributed by atoms with van der Waals surface area (Å²) in [5, 5.41) is 0. The van der Waals surface area contributed by atoms with E-state index >= 15 is 0 Å². The summed E-state index contributed by atoms with van der Waals surface area (Å²) in [6, 6.07) is 0. The molecule has 0 N–H and O–H groups in total. The molecular weight excluding hydrogens is 273 g/mol. The maximum atomic E-state index is 13.3. The second-order valence-corrected chi connectivity index (χ2v) is 6.39. The molecule has 0 aromatic carbocycles. The number of halogens is 3. The van der Waals surface area contributed by atoms with Gasteiger partial charge in [0, 0.05) is 13.1 Å². The Labute approximate surface area is 117 Å². The number of alkyl halides is 3. The Morgan fingerprint density at radius 1 is 1.15 bits per heavy atom. The summed E-state index contributed by atoms with van der Waals surface area (Å²) in [6.45, 7) is 5.29. The first-order chi connectivity index (χ1) is 8.89. The summed E-state index contributed by atoms with van der Waals surface area (Å²) in [7, 11) is 2.85. The average molecular weight is 296 g/mol. The SMILES string of the molecule is CN(C)C1(C(F)(F)F)CCN(C(=O)OC(C)(C)C)CC1. The van der Waals surface area contributed by atoms with Gasteiger partial charge in [0.25, 0.3) is 0 Å². The summed E-state index contributed by atoms with van der Waals surface area (Å²) in [5.74, 6) is 0. The Kier molecular flexibility index (Phi) is 4.63. The van der Waals surface area contributed by atoms with Crippen LogP contribution in [0.25, 0.3) is 0 Å². The second kappa shape index (κ2) is 5.42. The van der Waals surface area contributed by atoms with Crippen molar-refractivity contribution in [3.05, 3.63) is 0 Å². The van der Waals surface area contributed by atoms with Gasteiger partial charge in [-0.1, -0.05) is 0 Å². The van der Waals surface area contributed by atoms with Crippen molar-refractivity contribution in [1.82, 2.24) is 9.80 Å². The highest BCUT2D eigenvalue weighted by atomic mass is 19.4. The molecule has 4 nitrogen and oxygen atoms in total. The zero-order valence-corrected chi connectivity index (χ0v) is 12.7. The van der Waals surface area contributed by atoms with Gasteiger partial charge in [-0.2, -0.15) is 13.2 Å². The lowest BCUT2D eigenvalue weighted by atomic mass is 9.85. The van der Waals surface area contributed by atoms with E-state index in [-0.39, 0.29) is 25.9 Å². The average Bonchev–Trinajstić information content (AvgIpc) is 2.25. The van der Waals surface area contributed by atoms with Crippen molar-refractivity contribution in [2.45, 2.75) is 50.9 Å². The number of piperidine rings is 1. The zero-order valence-electron chi connectivity index (χ0n) is 12.7. The van der Waals surface area contributed by atoms with Crippen LogP contribution < -0.4 is 0 Å². The molecule has 1 amide bonds. The standard InChI is InChI=1S/C13H23F3N2O2/c1-11(2,3)20-10(19)18-8-6-12(7-9-18,17(4)5)13(14,15)16/h6-9H2,1-5H3. The van der Waals surface area contributed by atoms with Crippen LogP contribution in [0.1, 0.15) is 33.6 Å². The van der Waals surface area contributed by atoms with Crippen LogP contribution in [0.5, 0.6) is 0 Å². The summed E-state index contributed by atoms with van der Waals surface area (Å²) in [6.07, 6.45) is -5.13. The van der Waals surface area contributed by atoms with Crippen molar-refractivity contribution in [3.63, 3.8) is 0 Å². The Hall–Kier alpha value is -0.980. The van der Waals surface area contributed by atoms with Crippen molar-refractivity contribution in [2.75, 3.05) is 27.2 Å². The van der Waals surface area contributed by atoms with E-state index in [1.165, 1.54) is 23.9 Å². The third-order valence-electron chi connectivity index (χ3n) is 3.63. The lowest BCUT2D eigenvalue weighted by Gasteiger charge is -2.46. The van der Waals surface area contributed by atoms with Gasteiger partial charge in [-0.25, -0.2) is 4.79 Å². The van der Waals surface area contributed by atoms with E-state index in [0.717, 1.165) is 0 Å². The van der Waals surface area contributed by atoms with Gasteiger partial charge in [-0.15, -0.1) is 0 Å². The molecule has 1 aliphatic rings. The minimum Gasteiger partial charge on any atom is -0.444 e. The number of rotatable bonds is 1. The third kappa shape index (κ3) is 3.56. The van der Waals surface area contributed by atoms with Crippen molar-refractivity contribution in [2.24, 2.45) is 0 Å². The minimum atomic E-state index is -4.31. The van der Waals surface area contributed by atoms with Crippen LogP contribution in [-0.2, 0) is 4.74 Å². The van der Waals surface area contributed by atoms with Gasteiger partial charge < -0.3 is 9.64 Å². The predicted octanol–water partition coefficient (Wildman–Crippen LogP) is 2.88. The van der Waals surface area contributed by atoms with Crippen molar-refractivity contribution in [1.29, 1.82) is 0 Å². The molecule has 1 saturated heterocycles. The molecule has 0 saturated carbocycles. The highest BCUT2D eigenvalue weighted by Gasteiger charge is 2.57. The van der Waals surface area contributed by atoms with E-state index in [0.29, 0.717) is 0 Å². The fourth-order valence-electron chi connectivity index (χ4n) is 2.37. The maximum Gasteiger partial charge on any atom is 0.410 e. The lowest BCUT2D eigenvalue weighted by molar-refractivity contribution is -0.236. The minimum absolute atomic E-state index is 0.0482. The van der Waals surface area contributed by atoms with E-state index in [1.54, 1.807) is 20.8 Å². The van der Waals surface area contributed by atoms with Crippen LogP contribution in [0.3, 0.4) is 0 Å². The molecule has 0 unspecified atom stereocenters. The first-order valence-electron chi connectivity index (χ1n) is 6.61. The van der Waals surface area contributed by atoms with Crippen LogP contribution in [0, 0.1) is 0 Å². The number of likely N-dealkylation sites (tertiary alicyclic amines) is 1. The smallest absolute Gasteiger partial charge is 0.410 e. The summed E-state index contributed by atoms with van der Waals surface area (Å²) >= 11 is 0. The topological polar surface area (TPSA) is 32.8 Å². The molecule has 1 heterocycles. The molecule has 0 aromatic rings. The lowest BCUT2D eigenvalue weighted by Crippen LogP contribution is -2.62. The first kappa shape index (κ1) is 17.1. The number of amides is 1. The van der Waals surface area contributed by atoms with Gasteiger partial charge in [0.05, 0.1) is 0 Å². The normalized spacial score (nSPS) is 20.1. The van der Waals surface area contributed by atoms with Crippen molar-refractivity contribution >= 4 is 6.09 Å². The Morgan fingerprint density at radius 2 is 1.60 bits per heavy atom. The van der Waals surface area contributed by atoms with Gasteiger partial charge in [-0.3, -0.25) is 4.90 Å². The second-order valence-electron chi connectivity index (χ2n) is 6.39.